The fourth-order valence-electron chi connectivity index (χ4n) is 1.87. The number of ether oxygens (including phenoxy) is 2. The Morgan fingerprint density at radius 1 is 1.17 bits per heavy atom. The van der Waals surface area contributed by atoms with Crippen LogP contribution in [-0.2, 0) is 6.42 Å². The molecule has 0 unspecified atom stereocenters. The summed E-state index contributed by atoms with van der Waals surface area (Å²) in [7, 11) is 3.40. The standard InChI is InChI=1S/C15H25NO2/c1-12(2)11-16-9-5-6-13-10-14(17-3)7-8-15(13)18-4/h7-8,10,12,16H,5-6,9,11H2,1-4H3. The van der Waals surface area contributed by atoms with E-state index in [1.54, 1.807) is 14.2 Å². The summed E-state index contributed by atoms with van der Waals surface area (Å²) in [5.41, 5.74) is 1.21. The maximum Gasteiger partial charge on any atom is 0.122 e. The summed E-state index contributed by atoms with van der Waals surface area (Å²) in [6.07, 6.45) is 2.11. The minimum atomic E-state index is 0.705. The van der Waals surface area contributed by atoms with E-state index in [9.17, 15) is 0 Å². The topological polar surface area (TPSA) is 30.5 Å². The predicted octanol–water partition coefficient (Wildman–Crippen LogP) is 2.88. The van der Waals surface area contributed by atoms with Gasteiger partial charge in [0.1, 0.15) is 11.5 Å². The first kappa shape index (κ1) is 14.8. The summed E-state index contributed by atoms with van der Waals surface area (Å²) < 4.78 is 10.6. The highest BCUT2D eigenvalue weighted by molar-refractivity contribution is 5.40. The van der Waals surface area contributed by atoms with Crippen molar-refractivity contribution in [3.63, 3.8) is 0 Å². The summed E-state index contributed by atoms with van der Waals surface area (Å²) in [5, 5.41) is 3.45. The van der Waals surface area contributed by atoms with Crippen LogP contribution in [0.15, 0.2) is 18.2 Å². The lowest BCUT2D eigenvalue weighted by atomic mass is 10.1. The molecule has 18 heavy (non-hydrogen) atoms. The molecule has 1 rings (SSSR count). The van der Waals surface area contributed by atoms with E-state index in [-0.39, 0.29) is 0 Å². The molecule has 3 nitrogen and oxygen atoms in total. The molecule has 102 valence electrons. The Balaban J connectivity index is 2.44. The molecule has 0 aliphatic carbocycles. The molecular weight excluding hydrogens is 226 g/mol. The SMILES string of the molecule is COc1ccc(OC)c(CCCNCC(C)C)c1. The maximum atomic E-state index is 5.36. The van der Waals surface area contributed by atoms with Gasteiger partial charge in [-0.05, 0) is 55.6 Å². The average Bonchev–Trinajstić information content (AvgIpc) is 2.37. The lowest BCUT2D eigenvalue weighted by Gasteiger charge is -2.11. The van der Waals surface area contributed by atoms with Gasteiger partial charge in [-0.1, -0.05) is 13.8 Å². The van der Waals surface area contributed by atoms with Crippen molar-refractivity contribution in [1.82, 2.24) is 5.32 Å². The van der Waals surface area contributed by atoms with E-state index in [1.165, 1.54) is 5.56 Å². The molecule has 3 heteroatoms. The number of benzene rings is 1. The smallest absolute Gasteiger partial charge is 0.122 e. The Morgan fingerprint density at radius 3 is 2.56 bits per heavy atom. The quantitative estimate of drug-likeness (QED) is 0.721. The van der Waals surface area contributed by atoms with E-state index in [4.69, 9.17) is 9.47 Å². The Kier molecular flexibility index (Phi) is 6.58. The van der Waals surface area contributed by atoms with Gasteiger partial charge in [0.25, 0.3) is 0 Å². The van der Waals surface area contributed by atoms with E-state index in [0.29, 0.717) is 5.92 Å². The van der Waals surface area contributed by atoms with Crippen molar-refractivity contribution in [2.45, 2.75) is 26.7 Å². The third-order valence-corrected chi connectivity index (χ3v) is 2.84. The van der Waals surface area contributed by atoms with Crippen LogP contribution in [0.5, 0.6) is 11.5 Å². The minimum absolute atomic E-state index is 0.705. The lowest BCUT2D eigenvalue weighted by Crippen LogP contribution is -2.21. The zero-order valence-electron chi connectivity index (χ0n) is 12.0. The van der Waals surface area contributed by atoms with Crippen molar-refractivity contribution in [2.75, 3.05) is 27.3 Å². The Bertz CT molecular complexity index is 350. The van der Waals surface area contributed by atoms with Crippen LogP contribution in [0.25, 0.3) is 0 Å². The van der Waals surface area contributed by atoms with Crippen LogP contribution < -0.4 is 14.8 Å². The van der Waals surface area contributed by atoms with Crippen molar-refractivity contribution in [3.05, 3.63) is 23.8 Å². The van der Waals surface area contributed by atoms with Crippen LogP contribution in [0.3, 0.4) is 0 Å². The number of aryl methyl sites for hydroxylation is 1. The highest BCUT2D eigenvalue weighted by Gasteiger charge is 2.04. The Morgan fingerprint density at radius 2 is 1.94 bits per heavy atom. The van der Waals surface area contributed by atoms with Crippen LogP contribution in [-0.4, -0.2) is 27.3 Å². The molecule has 1 N–H and O–H groups in total. The molecule has 0 aliphatic rings. The summed E-state index contributed by atoms with van der Waals surface area (Å²) in [6, 6.07) is 5.95. The average molecular weight is 251 g/mol. The lowest BCUT2D eigenvalue weighted by molar-refractivity contribution is 0.398. The van der Waals surface area contributed by atoms with Crippen molar-refractivity contribution >= 4 is 0 Å². The number of hydrogen-bond donors (Lipinski definition) is 1. The second-order valence-electron chi connectivity index (χ2n) is 4.88. The normalized spacial score (nSPS) is 10.7. The van der Waals surface area contributed by atoms with Crippen molar-refractivity contribution in [1.29, 1.82) is 0 Å². The molecule has 1 aromatic carbocycles. The molecule has 0 spiro atoms. The molecule has 0 heterocycles. The molecular formula is C15H25NO2. The van der Waals surface area contributed by atoms with E-state index >= 15 is 0 Å². The van der Waals surface area contributed by atoms with Gasteiger partial charge in [-0.3, -0.25) is 0 Å². The Labute approximate surface area is 110 Å². The molecule has 0 amide bonds. The van der Waals surface area contributed by atoms with Gasteiger partial charge in [0, 0.05) is 0 Å². The largest absolute Gasteiger partial charge is 0.497 e. The zero-order chi connectivity index (χ0) is 13.4. The highest BCUT2D eigenvalue weighted by Crippen LogP contribution is 2.24. The van der Waals surface area contributed by atoms with Gasteiger partial charge < -0.3 is 14.8 Å². The van der Waals surface area contributed by atoms with Gasteiger partial charge >= 0.3 is 0 Å². The van der Waals surface area contributed by atoms with Crippen molar-refractivity contribution < 1.29 is 9.47 Å². The third kappa shape index (κ3) is 4.96. The molecule has 0 radical (unpaired) electrons. The van der Waals surface area contributed by atoms with Crippen molar-refractivity contribution in [3.8, 4) is 11.5 Å². The summed E-state index contributed by atoms with van der Waals surface area (Å²) in [4.78, 5) is 0. The summed E-state index contributed by atoms with van der Waals surface area (Å²) >= 11 is 0. The number of methoxy groups -OCH3 is 2. The van der Waals surface area contributed by atoms with Gasteiger partial charge in [-0.25, -0.2) is 0 Å². The zero-order valence-corrected chi connectivity index (χ0v) is 12.0. The van der Waals surface area contributed by atoms with E-state index in [2.05, 4.69) is 25.2 Å². The van der Waals surface area contributed by atoms with Crippen LogP contribution >= 0.6 is 0 Å². The molecule has 0 bridgehead atoms. The molecule has 0 aromatic heterocycles. The first-order valence-electron chi connectivity index (χ1n) is 6.59. The fraction of sp³-hybridized carbons (Fsp3) is 0.600. The number of hydrogen-bond acceptors (Lipinski definition) is 3. The maximum absolute atomic E-state index is 5.36. The van der Waals surface area contributed by atoms with Gasteiger partial charge in [0.05, 0.1) is 14.2 Å². The molecule has 0 saturated heterocycles. The van der Waals surface area contributed by atoms with E-state index in [0.717, 1.165) is 37.4 Å². The van der Waals surface area contributed by atoms with Crippen LogP contribution in [0, 0.1) is 5.92 Å². The van der Waals surface area contributed by atoms with E-state index < -0.39 is 0 Å². The molecule has 0 fully saturated rings. The Hall–Kier alpha value is -1.22. The summed E-state index contributed by atoms with van der Waals surface area (Å²) in [6.45, 7) is 6.56. The van der Waals surface area contributed by atoms with Gasteiger partial charge in [-0.15, -0.1) is 0 Å². The third-order valence-electron chi connectivity index (χ3n) is 2.84. The monoisotopic (exact) mass is 251 g/mol. The molecule has 0 aliphatic heterocycles. The first-order chi connectivity index (χ1) is 8.67. The highest BCUT2D eigenvalue weighted by atomic mass is 16.5. The van der Waals surface area contributed by atoms with Crippen LogP contribution in [0.4, 0.5) is 0 Å². The number of rotatable bonds is 8. The van der Waals surface area contributed by atoms with Crippen LogP contribution in [0.2, 0.25) is 0 Å². The first-order valence-corrected chi connectivity index (χ1v) is 6.59. The second-order valence-corrected chi connectivity index (χ2v) is 4.88. The van der Waals surface area contributed by atoms with Gasteiger partial charge in [-0.2, -0.15) is 0 Å². The van der Waals surface area contributed by atoms with Crippen molar-refractivity contribution in [2.24, 2.45) is 5.92 Å². The second kappa shape index (κ2) is 7.98. The molecule has 1 aromatic rings. The summed E-state index contributed by atoms with van der Waals surface area (Å²) in [5.74, 6) is 2.54. The van der Waals surface area contributed by atoms with E-state index in [1.807, 2.05) is 12.1 Å². The molecule has 0 atom stereocenters. The minimum Gasteiger partial charge on any atom is -0.497 e. The predicted molar refractivity (Wildman–Crippen MR) is 75.6 cm³/mol. The molecule has 0 saturated carbocycles. The number of nitrogens with one attached hydrogen (secondary N) is 1. The van der Waals surface area contributed by atoms with Gasteiger partial charge in [0.15, 0.2) is 0 Å². The van der Waals surface area contributed by atoms with Crippen LogP contribution in [0.1, 0.15) is 25.8 Å². The fourth-order valence-corrected chi connectivity index (χ4v) is 1.87. The van der Waals surface area contributed by atoms with Gasteiger partial charge in [0.2, 0.25) is 0 Å².